The number of methoxy groups -OCH3 is 3. The van der Waals surface area contributed by atoms with E-state index in [0.717, 1.165) is 40.1 Å². The summed E-state index contributed by atoms with van der Waals surface area (Å²) in [6.45, 7) is 6.65. The number of halogens is 3. The fourth-order valence-electron chi connectivity index (χ4n) is 14.3. The highest BCUT2D eigenvalue weighted by molar-refractivity contribution is 6.30. The third-order valence-electron chi connectivity index (χ3n) is 16.8. The van der Waals surface area contributed by atoms with E-state index in [1.807, 2.05) is 79.6 Å². The van der Waals surface area contributed by atoms with Crippen LogP contribution in [0.25, 0.3) is 22.0 Å². The number of esters is 3. The van der Waals surface area contributed by atoms with Gasteiger partial charge in [0.25, 0.3) is 0 Å². The monoisotopic (exact) mass is 940 g/mol. The molecule has 2 saturated heterocycles. The van der Waals surface area contributed by atoms with Crippen molar-refractivity contribution in [2.45, 2.75) is 93.4 Å². The number of carbonyl (C=O) groups excluding carboxylic acids is 3. The molecule has 1 spiro atoms. The predicted molar refractivity (Wildman–Crippen MR) is 250 cm³/mol. The van der Waals surface area contributed by atoms with Gasteiger partial charge in [-0.2, -0.15) is 0 Å². The number of ether oxygens (including phenoxy) is 4. The number of piperidine rings is 1. The normalized spacial score (nSPS) is 33.1. The maximum atomic E-state index is 15.6. The highest BCUT2D eigenvalue weighted by Gasteiger charge is 2.80. The summed E-state index contributed by atoms with van der Waals surface area (Å²) < 4.78 is 55.1. The second kappa shape index (κ2) is 16.0. The maximum absolute atomic E-state index is 15.6. The number of fused-ring (bicyclic) bond motifs is 6. The third kappa shape index (κ3) is 6.41. The van der Waals surface area contributed by atoms with E-state index >= 15 is 13.6 Å². The van der Waals surface area contributed by atoms with Gasteiger partial charge in [-0.3, -0.25) is 14.5 Å². The Morgan fingerprint density at radius 1 is 0.955 bits per heavy atom. The van der Waals surface area contributed by atoms with Crippen molar-refractivity contribution in [3.63, 3.8) is 0 Å². The van der Waals surface area contributed by atoms with Crippen molar-refractivity contribution >= 4 is 46.1 Å². The Balaban J connectivity index is 1.27. The van der Waals surface area contributed by atoms with Gasteiger partial charge in [0.05, 0.1) is 27.4 Å². The van der Waals surface area contributed by atoms with Gasteiger partial charge in [0.2, 0.25) is 11.5 Å². The van der Waals surface area contributed by atoms with Crippen molar-refractivity contribution in [3.8, 4) is 16.9 Å². The molecule has 6 heterocycles. The zero-order valence-electron chi connectivity index (χ0n) is 39.1. The molecule has 3 fully saturated rings. The molecule has 1 saturated carbocycles. The number of rotatable bonds is 8. The number of anilines is 1. The first-order valence-electron chi connectivity index (χ1n) is 23.4. The number of nitrogens with zero attached hydrogens (tertiary/aromatic N) is 3. The lowest BCUT2D eigenvalue weighted by molar-refractivity contribution is -0.228. The number of aromatic nitrogens is 1. The number of carbonyl (C=O) groups is 3. The van der Waals surface area contributed by atoms with Crippen LogP contribution < -0.4 is 9.64 Å². The molecule has 1 aromatic heterocycles. The van der Waals surface area contributed by atoms with Crippen LogP contribution in [0.5, 0.6) is 5.75 Å². The molecule has 2 N–H and O–H groups in total. The van der Waals surface area contributed by atoms with E-state index in [1.165, 1.54) is 21.1 Å². The van der Waals surface area contributed by atoms with E-state index in [0.29, 0.717) is 73.2 Å². The molecule has 5 aliphatic heterocycles. The minimum Gasteiger partial charge on any atom is -0.496 e. The fraction of sp³-hybridized carbons (Fsp3) is 0.519. The van der Waals surface area contributed by atoms with Crippen LogP contribution in [0.3, 0.4) is 0 Å². The predicted octanol–water partition coefficient (Wildman–Crippen LogP) is 7.44. The van der Waals surface area contributed by atoms with E-state index in [1.54, 1.807) is 7.11 Å². The molecule has 6 unspecified atom stereocenters. The summed E-state index contributed by atoms with van der Waals surface area (Å²) in [6.07, 6.45) is 4.36. The van der Waals surface area contributed by atoms with Crippen molar-refractivity contribution in [1.82, 2.24) is 14.8 Å². The number of alkyl halides is 2. The Morgan fingerprint density at radius 2 is 1.69 bits per heavy atom. The molecule has 0 amide bonds. The van der Waals surface area contributed by atoms with E-state index in [2.05, 4.69) is 20.9 Å². The van der Waals surface area contributed by atoms with Crippen molar-refractivity contribution in [2.75, 3.05) is 66.0 Å². The summed E-state index contributed by atoms with van der Waals surface area (Å²) in [5.74, 6) is -6.08. The minimum atomic E-state index is -2.96. The molecule has 10 rings (SSSR count). The largest absolute Gasteiger partial charge is 0.496 e. The topological polar surface area (TPSA) is 134 Å². The average Bonchev–Trinajstić information content (AvgIpc) is 3.97. The summed E-state index contributed by atoms with van der Waals surface area (Å²) in [5.41, 5.74) is 0.0460. The average molecular weight is 942 g/mol. The number of benzene rings is 3. The summed E-state index contributed by atoms with van der Waals surface area (Å²) in [7, 11) is 5.95. The lowest BCUT2D eigenvalue weighted by atomic mass is 9.47. The molecule has 1 aliphatic carbocycles. The lowest BCUT2D eigenvalue weighted by Crippen LogP contribution is -2.81. The van der Waals surface area contributed by atoms with Gasteiger partial charge in [-0.25, -0.2) is 13.6 Å². The quantitative estimate of drug-likeness (QED) is 0.104. The summed E-state index contributed by atoms with van der Waals surface area (Å²) >= 11 is 6.30. The van der Waals surface area contributed by atoms with Gasteiger partial charge in [0.15, 0.2) is 6.10 Å². The van der Waals surface area contributed by atoms with Crippen LogP contribution in [-0.4, -0.2) is 129 Å². The molecule has 12 nitrogen and oxygen atoms in total. The number of aromatic amines is 1. The van der Waals surface area contributed by atoms with E-state index in [9.17, 15) is 14.7 Å². The van der Waals surface area contributed by atoms with Gasteiger partial charge in [-0.05, 0) is 104 Å². The molecule has 67 heavy (non-hydrogen) atoms. The summed E-state index contributed by atoms with van der Waals surface area (Å²) in [4.78, 5) is 53.3. The van der Waals surface area contributed by atoms with E-state index in [-0.39, 0.29) is 31.3 Å². The van der Waals surface area contributed by atoms with Crippen molar-refractivity contribution in [1.29, 1.82) is 0 Å². The second-order valence-electron chi connectivity index (χ2n) is 20.1. The SMILES string of the molecule is CC[C@@]12C=CCN3CCC4(c5cc([C@@]6(C(=O)OC)CC7CC(C(C)(F)F)CN(CCc8c6[nH]c6ccc(-c9ccc(Cl)cc9)cc86)C7)c(OC)cc5N(C)C4[C@](O)(C(=O)OC)[C@H]1OC(C)=O)C32. The number of hydrogen-bond acceptors (Lipinski definition) is 11. The van der Waals surface area contributed by atoms with Gasteiger partial charge in [0, 0.05) is 102 Å². The molecule has 2 bridgehead atoms. The summed E-state index contributed by atoms with van der Waals surface area (Å²) in [5, 5.41) is 14.9. The van der Waals surface area contributed by atoms with Crippen LogP contribution in [0.15, 0.2) is 66.7 Å². The van der Waals surface area contributed by atoms with Gasteiger partial charge < -0.3 is 38.8 Å². The minimum absolute atomic E-state index is 0.117. The fourth-order valence-corrected chi connectivity index (χ4v) is 14.4. The van der Waals surface area contributed by atoms with Crippen LogP contribution >= 0.6 is 11.6 Å². The van der Waals surface area contributed by atoms with Gasteiger partial charge in [-0.15, -0.1) is 0 Å². The molecule has 6 aliphatic rings. The number of aliphatic hydroxyl groups is 1. The second-order valence-corrected chi connectivity index (χ2v) is 20.5. The van der Waals surface area contributed by atoms with Gasteiger partial charge in [0.1, 0.15) is 11.2 Å². The van der Waals surface area contributed by atoms with Crippen LogP contribution in [0.4, 0.5) is 14.5 Å². The highest BCUT2D eigenvalue weighted by Crippen LogP contribution is 2.68. The molecular formula is C52H59ClF2N4O8. The van der Waals surface area contributed by atoms with E-state index < -0.39 is 63.7 Å². The number of H-pyrrole nitrogens is 1. The molecule has 15 heteroatoms. The number of nitrogens with one attached hydrogen (secondary N) is 1. The van der Waals surface area contributed by atoms with Crippen molar-refractivity contribution in [3.05, 3.63) is 94.2 Å². The highest BCUT2D eigenvalue weighted by atomic mass is 35.5. The first-order chi connectivity index (χ1) is 31.9. The van der Waals surface area contributed by atoms with Crippen molar-refractivity contribution in [2.24, 2.45) is 17.3 Å². The van der Waals surface area contributed by atoms with Crippen LogP contribution in [0, 0.1) is 17.3 Å². The van der Waals surface area contributed by atoms with Gasteiger partial charge >= 0.3 is 17.9 Å². The first-order valence-corrected chi connectivity index (χ1v) is 23.8. The third-order valence-corrected chi connectivity index (χ3v) is 17.1. The molecule has 4 aromatic rings. The zero-order chi connectivity index (χ0) is 47.6. The number of hydrogen-bond donors (Lipinski definition) is 2. The molecule has 0 radical (unpaired) electrons. The maximum Gasteiger partial charge on any atom is 0.344 e. The standard InChI is InChI=1S/C52H59ClF2N4O8/c1-8-49-17-9-19-59-21-18-50(43(49)59)37-24-38(41(64-5)25-40(37)57(4)44(50)52(63,47(62)66-7)45(49)67-29(2)60)51(46(61)65-6)26-30-22-33(48(3,54)55)28-58(27-30)20-16-35-36-23-32(12-15-39(36)56-42(35)51)31-10-13-34(53)14-11-31/h9-15,17,23-25,30,33,43-45,56,63H,8,16,18-22,26-28H2,1-7H3/t30?,33?,43?,44?,45-,49-,50?,51-,52+/m0/s1. The Hall–Kier alpha value is -5.02. The molecule has 10 atom stereocenters. The lowest BCUT2D eigenvalue weighted by Gasteiger charge is -2.63. The molecule has 356 valence electrons. The van der Waals surface area contributed by atoms with Gasteiger partial charge in [-0.1, -0.05) is 48.9 Å². The Bertz CT molecular complexity index is 2710. The Labute approximate surface area is 394 Å². The smallest absolute Gasteiger partial charge is 0.344 e. The van der Waals surface area contributed by atoms with Crippen LogP contribution in [-0.2, 0) is 45.8 Å². The summed E-state index contributed by atoms with van der Waals surface area (Å²) in [6, 6.07) is 16.3. The van der Waals surface area contributed by atoms with Crippen LogP contribution in [0.1, 0.15) is 68.8 Å². The van der Waals surface area contributed by atoms with Crippen molar-refractivity contribution < 1.29 is 47.2 Å². The van der Waals surface area contributed by atoms with E-state index in [4.69, 9.17) is 30.5 Å². The Morgan fingerprint density at radius 3 is 2.36 bits per heavy atom. The first kappa shape index (κ1) is 45.7. The Kier molecular flexibility index (Phi) is 10.9. The zero-order valence-corrected chi connectivity index (χ0v) is 39.8. The molecule has 3 aromatic carbocycles. The number of likely N-dealkylation sites (N-methyl/N-ethyl adjacent to an activating group) is 1. The van der Waals surface area contributed by atoms with Crippen LogP contribution in [0.2, 0.25) is 5.02 Å². The molecular weight excluding hydrogens is 882 g/mol.